The van der Waals surface area contributed by atoms with Crippen molar-refractivity contribution in [3.63, 3.8) is 0 Å². The lowest BCUT2D eigenvalue weighted by atomic mass is 10.0. The zero-order valence-electron chi connectivity index (χ0n) is 11.4. The Kier molecular flexibility index (Phi) is 4.28. The van der Waals surface area contributed by atoms with E-state index in [-0.39, 0.29) is 12.1 Å². The van der Waals surface area contributed by atoms with Crippen LogP contribution in [0.4, 0.5) is 0 Å². The van der Waals surface area contributed by atoms with E-state index >= 15 is 0 Å². The molecular formula is C17H19NOS. The van der Waals surface area contributed by atoms with E-state index in [1.807, 2.05) is 36.0 Å². The number of para-hydroxylation sites is 1. The summed E-state index contributed by atoms with van der Waals surface area (Å²) < 4.78 is 6.04. The van der Waals surface area contributed by atoms with Crippen LogP contribution < -0.4 is 10.5 Å². The minimum atomic E-state index is 0.0797. The van der Waals surface area contributed by atoms with Gasteiger partial charge in [-0.3, -0.25) is 0 Å². The highest BCUT2D eigenvalue weighted by atomic mass is 32.2. The second-order valence-corrected chi connectivity index (χ2v) is 6.16. The molecule has 0 amide bonds. The standard InChI is InChI=1S/C17H19NOS/c18-14(11-10-13-6-2-1-3-7-13)16-12-20-17-9-5-4-8-15(17)19-16/h1-9,14,16H,10-12,18H2. The molecule has 0 aromatic heterocycles. The van der Waals surface area contributed by atoms with Crippen molar-refractivity contribution >= 4 is 11.8 Å². The summed E-state index contributed by atoms with van der Waals surface area (Å²) in [5, 5.41) is 0. The van der Waals surface area contributed by atoms with Crippen LogP contribution in [0, 0.1) is 0 Å². The second kappa shape index (κ2) is 6.33. The largest absolute Gasteiger partial charge is 0.487 e. The molecule has 3 rings (SSSR count). The van der Waals surface area contributed by atoms with Gasteiger partial charge in [-0.15, -0.1) is 11.8 Å². The first-order chi connectivity index (χ1) is 9.83. The van der Waals surface area contributed by atoms with Gasteiger partial charge in [-0.05, 0) is 30.5 Å². The van der Waals surface area contributed by atoms with Crippen LogP contribution in [0.5, 0.6) is 5.75 Å². The number of aryl methyl sites for hydroxylation is 1. The van der Waals surface area contributed by atoms with E-state index in [0.29, 0.717) is 0 Å². The third kappa shape index (κ3) is 3.17. The topological polar surface area (TPSA) is 35.2 Å². The minimum Gasteiger partial charge on any atom is -0.487 e. The van der Waals surface area contributed by atoms with Crippen molar-refractivity contribution in [3.8, 4) is 5.75 Å². The Morgan fingerprint density at radius 1 is 1.10 bits per heavy atom. The van der Waals surface area contributed by atoms with Gasteiger partial charge in [-0.1, -0.05) is 42.5 Å². The fourth-order valence-electron chi connectivity index (χ4n) is 2.41. The lowest BCUT2D eigenvalue weighted by molar-refractivity contribution is 0.180. The first-order valence-corrected chi connectivity index (χ1v) is 7.99. The molecule has 0 bridgehead atoms. The maximum absolute atomic E-state index is 6.32. The molecule has 2 aromatic carbocycles. The van der Waals surface area contributed by atoms with E-state index in [9.17, 15) is 0 Å². The molecule has 1 heterocycles. The number of rotatable bonds is 4. The van der Waals surface area contributed by atoms with Crippen molar-refractivity contribution in [3.05, 3.63) is 60.2 Å². The van der Waals surface area contributed by atoms with Crippen molar-refractivity contribution in [1.82, 2.24) is 0 Å². The average molecular weight is 285 g/mol. The summed E-state index contributed by atoms with van der Waals surface area (Å²) in [4.78, 5) is 1.22. The maximum Gasteiger partial charge on any atom is 0.133 e. The normalized spacial score (nSPS) is 18.9. The van der Waals surface area contributed by atoms with Crippen LogP contribution >= 0.6 is 11.8 Å². The highest BCUT2D eigenvalue weighted by molar-refractivity contribution is 7.99. The van der Waals surface area contributed by atoms with Crippen molar-refractivity contribution in [2.75, 3.05) is 5.75 Å². The van der Waals surface area contributed by atoms with Crippen LogP contribution in [-0.2, 0) is 6.42 Å². The molecular weight excluding hydrogens is 266 g/mol. The van der Waals surface area contributed by atoms with Crippen LogP contribution in [-0.4, -0.2) is 17.9 Å². The van der Waals surface area contributed by atoms with E-state index in [4.69, 9.17) is 10.5 Å². The van der Waals surface area contributed by atoms with Gasteiger partial charge in [0.25, 0.3) is 0 Å². The first-order valence-electron chi connectivity index (χ1n) is 7.01. The number of nitrogens with two attached hydrogens (primary N) is 1. The predicted octanol–water partition coefficient (Wildman–Crippen LogP) is 3.50. The molecule has 2 N–H and O–H groups in total. The lowest BCUT2D eigenvalue weighted by Crippen LogP contribution is -2.42. The zero-order chi connectivity index (χ0) is 13.8. The minimum absolute atomic E-state index is 0.0797. The summed E-state index contributed by atoms with van der Waals surface area (Å²) in [5.41, 5.74) is 7.65. The van der Waals surface area contributed by atoms with Gasteiger partial charge < -0.3 is 10.5 Å². The Hall–Kier alpha value is -1.45. The smallest absolute Gasteiger partial charge is 0.133 e. The van der Waals surface area contributed by atoms with E-state index in [1.165, 1.54) is 10.5 Å². The molecule has 0 saturated carbocycles. The van der Waals surface area contributed by atoms with Gasteiger partial charge in [0.2, 0.25) is 0 Å². The monoisotopic (exact) mass is 285 g/mol. The van der Waals surface area contributed by atoms with Crippen LogP contribution in [0.3, 0.4) is 0 Å². The number of fused-ring (bicyclic) bond motifs is 1. The van der Waals surface area contributed by atoms with Crippen LogP contribution in [0.25, 0.3) is 0 Å². The van der Waals surface area contributed by atoms with Crippen molar-refractivity contribution in [1.29, 1.82) is 0 Å². The molecule has 3 heteroatoms. The maximum atomic E-state index is 6.32. The summed E-state index contributed by atoms with van der Waals surface area (Å²) in [6.07, 6.45) is 2.07. The Morgan fingerprint density at radius 2 is 1.85 bits per heavy atom. The molecule has 0 radical (unpaired) electrons. The fourth-order valence-corrected chi connectivity index (χ4v) is 3.50. The molecule has 2 aromatic rings. The molecule has 1 aliphatic heterocycles. The van der Waals surface area contributed by atoms with Gasteiger partial charge in [-0.2, -0.15) is 0 Å². The summed E-state index contributed by atoms with van der Waals surface area (Å²) >= 11 is 1.84. The highest BCUT2D eigenvalue weighted by Gasteiger charge is 2.25. The quantitative estimate of drug-likeness (QED) is 0.934. The molecule has 0 aliphatic carbocycles. The van der Waals surface area contributed by atoms with E-state index in [0.717, 1.165) is 24.3 Å². The Morgan fingerprint density at radius 3 is 2.70 bits per heavy atom. The summed E-state index contributed by atoms with van der Waals surface area (Å²) in [6.45, 7) is 0. The lowest BCUT2D eigenvalue weighted by Gasteiger charge is -2.29. The third-order valence-corrected chi connectivity index (χ3v) is 4.76. The number of hydrogen-bond donors (Lipinski definition) is 1. The number of benzene rings is 2. The van der Waals surface area contributed by atoms with Crippen molar-refractivity contribution < 1.29 is 4.74 Å². The second-order valence-electron chi connectivity index (χ2n) is 5.10. The van der Waals surface area contributed by atoms with E-state index in [1.54, 1.807) is 0 Å². The summed E-state index contributed by atoms with van der Waals surface area (Å²) in [7, 11) is 0. The SMILES string of the molecule is NC(CCc1ccccc1)C1CSc2ccccc2O1. The molecule has 2 atom stereocenters. The molecule has 104 valence electrons. The van der Waals surface area contributed by atoms with E-state index in [2.05, 4.69) is 30.3 Å². The Bertz CT molecular complexity index is 558. The molecule has 0 saturated heterocycles. The molecule has 0 fully saturated rings. The number of hydrogen-bond acceptors (Lipinski definition) is 3. The van der Waals surface area contributed by atoms with Gasteiger partial charge in [0.1, 0.15) is 11.9 Å². The zero-order valence-corrected chi connectivity index (χ0v) is 12.2. The molecule has 1 aliphatic rings. The number of thioether (sulfide) groups is 1. The molecule has 20 heavy (non-hydrogen) atoms. The van der Waals surface area contributed by atoms with Crippen LogP contribution in [0.2, 0.25) is 0 Å². The molecule has 2 nitrogen and oxygen atoms in total. The van der Waals surface area contributed by atoms with Gasteiger partial charge in [0.15, 0.2) is 0 Å². The van der Waals surface area contributed by atoms with Crippen molar-refractivity contribution in [2.24, 2.45) is 5.73 Å². The average Bonchev–Trinajstić information content (AvgIpc) is 2.53. The first kappa shape index (κ1) is 13.5. The molecule has 0 spiro atoms. The third-order valence-electron chi connectivity index (χ3n) is 3.62. The van der Waals surface area contributed by atoms with Gasteiger partial charge in [0.05, 0.1) is 0 Å². The summed E-state index contributed by atoms with van der Waals surface area (Å²) in [6, 6.07) is 18.8. The predicted molar refractivity (Wildman–Crippen MR) is 84.3 cm³/mol. The Labute approximate surface area is 124 Å². The fraction of sp³-hybridized carbons (Fsp3) is 0.294. The van der Waals surface area contributed by atoms with Crippen molar-refractivity contribution in [2.45, 2.75) is 29.9 Å². The van der Waals surface area contributed by atoms with Crippen LogP contribution in [0.1, 0.15) is 12.0 Å². The Balaban J connectivity index is 1.58. The van der Waals surface area contributed by atoms with Crippen LogP contribution in [0.15, 0.2) is 59.5 Å². The molecule has 2 unspecified atom stereocenters. The van der Waals surface area contributed by atoms with Gasteiger partial charge in [0, 0.05) is 16.7 Å². The number of ether oxygens (including phenoxy) is 1. The summed E-state index contributed by atoms with van der Waals surface area (Å²) in [5.74, 6) is 1.91. The van der Waals surface area contributed by atoms with Gasteiger partial charge >= 0.3 is 0 Å². The van der Waals surface area contributed by atoms with E-state index < -0.39 is 0 Å². The highest BCUT2D eigenvalue weighted by Crippen LogP contribution is 2.35. The van der Waals surface area contributed by atoms with Gasteiger partial charge in [-0.25, -0.2) is 0 Å².